The second-order valence-corrected chi connectivity index (χ2v) is 2.14. The SMILES string of the molecule is C/C=c1/ncnc(N)/c1=C/C. The largest absolute Gasteiger partial charge is 0.383 e. The fraction of sp³-hybridized carbons (Fsp3) is 0.250. The molecule has 11 heavy (non-hydrogen) atoms. The van der Waals surface area contributed by atoms with Crippen LogP contribution in [-0.4, -0.2) is 9.97 Å². The maximum Gasteiger partial charge on any atom is 0.134 e. The van der Waals surface area contributed by atoms with Crippen molar-refractivity contribution in [3.63, 3.8) is 0 Å². The summed E-state index contributed by atoms with van der Waals surface area (Å²) in [4.78, 5) is 7.92. The zero-order valence-corrected chi connectivity index (χ0v) is 6.70. The van der Waals surface area contributed by atoms with Gasteiger partial charge in [0.15, 0.2) is 0 Å². The molecule has 0 radical (unpaired) electrons. The number of anilines is 1. The number of nitrogens with two attached hydrogens (primary N) is 1. The molecule has 0 bridgehead atoms. The van der Waals surface area contributed by atoms with Gasteiger partial charge in [0.05, 0.1) is 5.35 Å². The number of nitrogen functional groups attached to an aromatic ring is 1. The lowest BCUT2D eigenvalue weighted by atomic mass is 10.3. The van der Waals surface area contributed by atoms with Gasteiger partial charge in [-0.3, -0.25) is 0 Å². The van der Waals surface area contributed by atoms with Crippen molar-refractivity contribution in [2.24, 2.45) is 0 Å². The Labute approximate surface area is 65.3 Å². The summed E-state index contributed by atoms with van der Waals surface area (Å²) in [5.74, 6) is 0.538. The lowest BCUT2D eigenvalue weighted by molar-refractivity contribution is 1.11. The highest BCUT2D eigenvalue weighted by Gasteiger charge is 1.89. The number of aromatic nitrogens is 2. The molecule has 0 fully saturated rings. The van der Waals surface area contributed by atoms with Crippen LogP contribution in [0.25, 0.3) is 12.2 Å². The predicted octanol–water partition coefficient (Wildman–Crippen LogP) is -0.340. The van der Waals surface area contributed by atoms with E-state index in [1.54, 1.807) is 0 Å². The standard InChI is InChI=1S/C8H11N3/c1-3-6-7(4-2)10-5-11-8(6)9/h3-5H,1-2H3,(H2,9,10,11)/b6-3+,7-4+. The van der Waals surface area contributed by atoms with E-state index in [-0.39, 0.29) is 0 Å². The van der Waals surface area contributed by atoms with E-state index in [0.29, 0.717) is 5.82 Å². The van der Waals surface area contributed by atoms with Crippen molar-refractivity contribution in [1.29, 1.82) is 0 Å². The Morgan fingerprint density at radius 3 is 2.45 bits per heavy atom. The predicted molar refractivity (Wildman–Crippen MR) is 46.0 cm³/mol. The zero-order valence-electron chi connectivity index (χ0n) is 6.70. The summed E-state index contributed by atoms with van der Waals surface area (Å²) >= 11 is 0. The molecular weight excluding hydrogens is 138 g/mol. The number of hydrogen-bond donors (Lipinski definition) is 1. The topological polar surface area (TPSA) is 51.8 Å². The second kappa shape index (κ2) is 3.14. The molecule has 58 valence electrons. The highest BCUT2D eigenvalue weighted by Crippen LogP contribution is 1.76. The quantitative estimate of drug-likeness (QED) is 0.549. The van der Waals surface area contributed by atoms with Gasteiger partial charge in [-0.25, -0.2) is 9.97 Å². The lowest BCUT2D eigenvalue weighted by Crippen LogP contribution is -2.31. The minimum atomic E-state index is 0.538. The minimum absolute atomic E-state index is 0.538. The molecule has 1 aromatic heterocycles. The molecule has 0 amide bonds. The Hall–Kier alpha value is -1.38. The lowest BCUT2D eigenvalue weighted by Gasteiger charge is -1.91. The van der Waals surface area contributed by atoms with Crippen LogP contribution in [0.15, 0.2) is 6.33 Å². The first kappa shape index (κ1) is 7.72. The van der Waals surface area contributed by atoms with Crippen LogP contribution < -0.4 is 16.3 Å². The molecule has 3 heteroatoms. The van der Waals surface area contributed by atoms with Crippen molar-refractivity contribution in [2.75, 3.05) is 5.73 Å². The molecule has 0 unspecified atom stereocenters. The van der Waals surface area contributed by atoms with E-state index in [1.807, 2.05) is 26.0 Å². The minimum Gasteiger partial charge on any atom is -0.383 e. The van der Waals surface area contributed by atoms with Crippen LogP contribution in [0.3, 0.4) is 0 Å². The van der Waals surface area contributed by atoms with Gasteiger partial charge in [-0.1, -0.05) is 12.2 Å². The molecular formula is C8H11N3. The van der Waals surface area contributed by atoms with Crippen LogP contribution in [0.1, 0.15) is 13.8 Å². The van der Waals surface area contributed by atoms with E-state index in [2.05, 4.69) is 9.97 Å². The molecule has 0 spiro atoms. The Kier molecular flexibility index (Phi) is 2.21. The first-order valence-electron chi connectivity index (χ1n) is 3.48. The van der Waals surface area contributed by atoms with Gasteiger partial charge in [0, 0.05) is 5.22 Å². The fourth-order valence-electron chi connectivity index (χ4n) is 0.949. The number of rotatable bonds is 0. The van der Waals surface area contributed by atoms with E-state index in [4.69, 9.17) is 5.73 Å². The van der Waals surface area contributed by atoms with Gasteiger partial charge in [0.25, 0.3) is 0 Å². The highest BCUT2D eigenvalue weighted by atomic mass is 14.9. The number of hydrogen-bond acceptors (Lipinski definition) is 3. The average molecular weight is 149 g/mol. The summed E-state index contributed by atoms with van der Waals surface area (Å²) in [5, 5.41) is 1.80. The Morgan fingerprint density at radius 2 is 2.00 bits per heavy atom. The molecule has 0 atom stereocenters. The molecule has 1 rings (SSSR count). The summed E-state index contributed by atoms with van der Waals surface area (Å²) in [6.07, 6.45) is 5.29. The molecule has 1 aromatic rings. The van der Waals surface area contributed by atoms with Crippen molar-refractivity contribution < 1.29 is 0 Å². The highest BCUT2D eigenvalue weighted by molar-refractivity contribution is 5.38. The van der Waals surface area contributed by atoms with E-state index in [0.717, 1.165) is 10.6 Å². The van der Waals surface area contributed by atoms with Crippen LogP contribution in [0, 0.1) is 0 Å². The van der Waals surface area contributed by atoms with Gasteiger partial charge in [0.1, 0.15) is 12.1 Å². The molecule has 0 aliphatic rings. The summed E-state index contributed by atoms with van der Waals surface area (Å²) < 4.78 is 0. The van der Waals surface area contributed by atoms with Crippen molar-refractivity contribution in [2.45, 2.75) is 13.8 Å². The maximum atomic E-state index is 5.61. The summed E-state index contributed by atoms with van der Waals surface area (Å²) in [5.41, 5.74) is 5.61. The maximum absolute atomic E-state index is 5.61. The van der Waals surface area contributed by atoms with E-state index in [9.17, 15) is 0 Å². The summed E-state index contributed by atoms with van der Waals surface area (Å²) in [6.45, 7) is 3.84. The van der Waals surface area contributed by atoms with Gasteiger partial charge >= 0.3 is 0 Å². The van der Waals surface area contributed by atoms with Gasteiger partial charge in [0.2, 0.25) is 0 Å². The zero-order chi connectivity index (χ0) is 8.27. The van der Waals surface area contributed by atoms with Crippen molar-refractivity contribution >= 4 is 18.0 Å². The van der Waals surface area contributed by atoms with Gasteiger partial charge < -0.3 is 5.73 Å². The average Bonchev–Trinajstić information content (AvgIpc) is 2.04. The van der Waals surface area contributed by atoms with Gasteiger partial charge in [-0.15, -0.1) is 0 Å². The van der Waals surface area contributed by atoms with Gasteiger partial charge in [-0.2, -0.15) is 0 Å². The van der Waals surface area contributed by atoms with E-state index in [1.165, 1.54) is 6.33 Å². The van der Waals surface area contributed by atoms with Crippen LogP contribution in [0.2, 0.25) is 0 Å². The molecule has 0 saturated heterocycles. The first-order valence-corrected chi connectivity index (χ1v) is 3.48. The molecule has 2 N–H and O–H groups in total. The van der Waals surface area contributed by atoms with Crippen molar-refractivity contribution in [1.82, 2.24) is 9.97 Å². The fourth-order valence-corrected chi connectivity index (χ4v) is 0.949. The second-order valence-electron chi connectivity index (χ2n) is 2.14. The number of nitrogens with zero attached hydrogens (tertiary/aromatic N) is 2. The van der Waals surface area contributed by atoms with E-state index >= 15 is 0 Å². The van der Waals surface area contributed by atoms with Crippen LogP contribution in [-0.2, 0) is 0 Å². The van der Waals surface area contributed by atoms with Crippen molar-refractivity contribution in [3.05, 3.63) is 16.9 Å². The Morgan fingerprint density at radius 1 is 1.27 bits per heavy atom. The molecule has 0 aliphatic heterocycles. The van der Waals surface area contributed by atoms with Crippen molar-refractivity contribution in [3.8, 4) is 0 Å². The third kappa shape index (κ3) is 1.37. The Balaban J connectivity index is 3.65. The Bertz CT molecular complexity index is 354. The normalized spacial score (nSPS) is 14.0. The van der Waals surface area contributed by atoms with Crippen LogP contribution in [0.4, 0.5) is 5.82 Å². The molecule has 1 heterocycles. The summed E-state index contributed by atoms with van der Waals surface area (Å²) in [7, 11) is 0. The molecule has 0 saturated carbocycles. The first-order chi connectivity index (χ1) is 5.29. The monoisotopic (exact) mass is 149 g/mol. The third-order valence-electron chi connectivity index (χ3n) is 1.51. The third-order valence-corrected chi connectivity index (χ3v) is 1.51. The molecule has 0 aromatic carbocycles. The smallest absolute Gasteiger partial charge is 0.134 e. The molecule has 0 aliphatic carbocycles. The van der Waals surface area contributed by atoms with Crippen LogP contribution in [0.5, 0.6) is 0 Å². The molecule has 3 nitrogen and oxygen atoms in total. The summed E-state index contributed by atoms with van der Waals surface area (Å²) in [6, 6.07) is 0. The van der Waals surface area contributed by atoms with E-state index < -0.39 is 0 Å². The van der Waals surface area contributed by atoms with Crippen LogP contribution >= 0.6 is 0 Å². The van der Waals surface area contributed by atoms with Gasteiger partial charge in [-0.05, 0) is 13.8 Å².